The second-order valence-corrected chi connectivity index (χ2v) is 7.91. The molecule has 0 bridgehead atoms. The average Bonchev–Trinajstić information content (AvgIpc) is 3.52. The van der Waals surface area contributed by atoms with Crippen LogP contribution in [-0.4, -0.2) is 40.8 Å². The molecule has 30 heavy (non-hydrogen) atoms. The molecule has 8 nitrogen and oxygen atoms in total. The average molecular weight is 398 g/mol. The summed E-state index contributed by atoms with van der Waals surface area (Å²) in [6, 6.07) is 10.1. The van der Waals surface area contributed by atoms with Crippen LogP contribution in [0.5, 0.6) is 0 Å². The monoisotopic (exact) mass is 398 g/mol. The minimum absolute atomic E-state index is 0.156. The maximum atomic E-state index is 5.06. The van der Waals surface area contributed by atoms with Gasteiger partial charge in [-0.05, 0) is 26.2 Å². The molecule has 1 saturated heterocycles. The lowest BCUT2D eigenvalue weighted by atomic mass is 9.90. The van der Waals surface area contributed by atoms with Crippen LogP contribution in [0.25, 0.3) is 23.0 Å². The number of aryl methyl sites for hydroxylation is 1. The van der Waals surface area contributed by atoms with Gasteiger partial charge in [-0.15, -0.1) is 10.2 Å². The van der Waals surface area contributed by atoms with Crippen molar-refractivity contribution < 1.29 is 0 Å². The highest BCUT2D eigenvalue weighted by atomic mass is 15.4. The zero-order valence-corrected chi connectivity index (χ0v) is 17.0. The Balaban J connectivity index is 1.55. The molecule has 0 spiro atoms. The normalized spacial score (nSPS) is 19.5. The fourth-order valence-electron chi connectivity index (χ4n) is 4.99. The van der Waals surface area contributed by atoms with E-state index in [2.05, 4.69) is 31.6 Å². The van der Waals surface area contributed by atoms with E-state index in [0.717, 1.165) is 60.3 Å². The minimum atomic E-state index is -0.156. The van der Waals surface area contributed by atoms with Crippen molar-refractivity contribution >= 4 is 5.82 Å². The minimum Gasteiger partial charge on any atom is -0.342 e. The molecule has 150 valence electrons. The highest BCUT2D eigenvalue weighted by Gasteiger charge is 2.50. The van der Waals surface area contributed by atoms with Crippen molar-refractivity contribution in [2.24, 2.45) is 0 Å². The summed E-state index contributed by atoms with van der Waals surface area (Å²) < 4.78 is 4.09. The van der Waals surface area contributed by atoms with Gasteiger partial charge in [-0.1, -0.05) is 37.3 Å². The zero-order chi connectivity index (χ0) is 20.3. The molecule has 1 aromatic carbocycles. The molecule has 8 heteroatoms. The summed E-state index contributed by atoms with van der Waals surface area (Å²) in [5.74, 6) is 4.28. The predicted molar refractivity (Wildman–Crippen MR) is 113 cm³/mol. The highest BCUT2D eigenvalue weighted by Crippen LogP contribution is 2.49. The van der Waals surface area contributed by atoms with Gasteiger partial charge >= 0.3 is 0 Å². The molecule has 0 radical (unpaired) electrons. The van der Waals surface area contributed by atoms with Crippen molar-refractivity contribution in [1.82, 2.24) is 34.3 Å². The van der Waals surface area contributed by atoms with Crippen LogP contribution in [0.2, 0.25) is 0 Å². The highest BCUT2D eigenvalue weighted by molar-refractivity contribution is 5.65. The fourth-order valence-corrected chi connectivity index (χ4v) is 4.99. The van der Waals surface area contributed by atoms with Gasteiger partial charge in [0, 0.05) is 24.5 Å². The Bertz CT molecular complexity index is 1240. The summed E-state index contributed by atoms with van der Waals surface area (Å²) in [4.78, 5) is 16.7. The maximum absolute atomic E-state index is 5.06. The van der Waals surface area contributed by atoms with Crippen LogP contribution in [0.15, 0.2) is 48.9 Å². The summed E-state index contributed by atoms with van der Waals surface area (Å²) in [5.41, 5.74) is 1.82. The van der Waals surface area contributed by atoms with E-state index in [1.807, 2.05) is 54.2 Å². The Hall–Kier alpha value is -3.55. The van der Waals surface area contributed by atoms with Gasteiger partial charge in [0.05, 0.1) is 6.20 Å². The van der Waals surface area contributed by atoms with Gasteiger partial charge in [-0.2, -0.15) is 4.98 Å². The maximum Gasteiger partial charge on any atom is 0.237 e. The van der Waals surface area contributed by atoms with E-state index in [9.17, 15) is 0 Å². The van der Waals surface area contributed by atoms with E-state index < -0.39 is 0 Å². The Morgan fingerprint density at radius 3 is 2.80 bits per heavy atom. The lowest BCUT2D eigenvalue weighted by Gasteiger charge is -2.42. The van der Waals surface area contributed by atoms with Crippen LogP contribution in [0.3, 0.4) is 0 Å². The molecule has 1 atom stereocenters. The van der Waals surface area contributed by atoms with Gasteiger partial charge in [0.25, 0.3) is 0 Å². The second kappa shape index (κ2) is 6.22. The molecule has 5 heterocycles. The summed E-state index contributed by atoms with van der Waals surface area (Å²) in [7, 11) is 0. The van der Waals surface area contributed by atoms with Crippen LogP contribution in [0.4, 0.5) is 5.82 Å². The van der Waals surface area contributed by atoms with Gasteiger partial charge in [0.2, 0.25) is 5.95 Å². The van der Waals surface area contributed by atoms with Gasteiger partial charge in [0.1, 0.15) is 22.9 Å². The molecule has 3 aromatic heterocycles. The van der Waals surface area contributed by atoms with Crippen LogP contribution >= 0.6 is 0 Å². The molecule has 0 aliphatic carbocycles. The Kier molecular flexibility index (Phi) is 3.59. The van der Waals surface area contributed by atoms with E-state index in [1.165, 1.54) is 0 Å². The molecule has 1 unspecified atom stereocenters. The third-order valence-electron chi connectivity index (χ3n) is 6.44. The standard InChI is InChI=1S/C22H22N8/c1-3-22-10-7-12-29(22)19-17(30-15(2)26-27-20(22)30)14-24-21(25-19)28-13-11-23-18(28)16-8-5-4-6-9-16/h4-6,8-9,11,13-14H,3,7,10,12H2,1-2H3. The fraction of sp³-hybridized carbons (Fsp3) is 0.318. The van der Waals surface area contributed by atoms with Crippen molar-refractivity contribution in [3.05, 3.63) is 60.6 Å². The van der Waals surface area contributed by atoms with Crippen molar-refractivity contribution in [2.75, 3.05) is 11.4 Å². The number of fused-ring (bicyclic) bond motifs is 6. The molecule has 2 aliphatic rings. The third-order valence-corrected chi connectivity index (χ3v) is 6.44. The first-order chi connectivity index (χ1) is 14.7. The van der Waals surface area contributed by atoms with Crippen molar-refractivity contribution in [3.63, 3.8) is 0 Å². The first kappa shape index (κ1) is 17.3. The third kappa shape index (κ3) is 2.18. The number of aromatic nitrogens is 7. The Morgan fingerprint density at radius 2 is 1.97 bits per heavy atom. The van der Waals surface area contributed by atoms with E-state index in [0.29, 0.717) is 5.95 Å². The summed E-state index contributed by atoms with van der Waals surface area (Å²) in [5, 5.41) is 8.96. The first-order valence-electron chi connectivity index (χ1n) is 10.4. The molecule has 0 amide bonds. The molecule has 0 N–H and O–H groups in total. The van der Waals surface area contributed by atoms with E-state index in [-0.39, 0.29) is 5.54 Å². The lowest BCUT2D eigenvalue weighted by Crippen LogP contribution is -2.47. The summed E-state index contributed by atoms with van der Waals surface area (Å²) in [6.45, 7) is 5.17. The number of nitrogens with zero attached hydrogens (tertiary/aromatic N) is 8. The van der Waals surface area contributed by atoms with E-state index in [4.69, 9.17) is 9.97 Å². The number of benzene rings is 1. The zero-order valence-electron chi connectivity index (χ0n) is 17.0. The number of rotatable bonds is 3. The van der Waals surface area contributed by atoms with Gasteiger partial charge in [-0.3, -0.25) is 9.13 Å². The number of hydrogen-bond acceptors (Lipinski definition) is 6. The first-order valence-corrected chi connectivity index (χ1v) is 10.4. The van der Waals surface area contributed by atoms with Gasteiger partial charge in [0.15, 0.2) is 11.6 Å². The van der Waals surface area contributed by atoms with Gasteiger partial charge in [-0.25, -0.2) is 9.97 Å². The molecule has 6 rings (SSSR count). The second-order valence-electron chi connectivity index (χ2n) is 7.91. The van der Waals surface area contributed by atoms with Crippen LogP contribution < -0.4 is 4.90 Å². The number of imidazole rings is 1. The quantitative estimate of drug-likeness (QED) is 0.526. The summed E-state index contributed by atoms with van der Waals surface area (Å²) >= 11 is 0. The topological polar surface area (TPSA) is 77.5 Å². The van der Waals surface area contributed by atoms with E-state index >= 15 is 0 Å². The SMILES string of the molecule is CCC12CCCN1c1nc(-n3ccnc3-c3ccccc3)ncc1-n1c(C)nnc12. The smallest absolute Gasteiger partial charge is 0.237 e. The molecular formula is C22H22N8. The number of anilines is 1. The molecular weight excluding hydrogens is 376 g/mol. The predicted octanol–water partition coefficient (Wildman–Crippen LogP) is 3.44. The largest absolute Gasteiger partial charge is 0.342 e. The Morgan fingerprint density at radius 1 is 1.10 bits per heavy atom. The lowest BCUT2D eigenvalue weighted by molar-refractivity contribution is 0.381. The molecule has 0 saturated carbocycles. The van der Waals surface area contributed by atoms with Crippen molar-refractivity contribution in [3.8, 4) is 23.0 Å². The van der Waals surface area contributed by atoms with Crippen molar-refractivity contribution in [2.45, 2.75) is 38.6 Å². The molecule has 4 aromatic rings. The van der Waals surface area contributed by atoms with Crippen LogP contribution in [-0.2, 0) is 5.54 Å². The van der Waals surface area contributed by atoms with Crippen LogP contribution in [0, 0.1) is 6.92 Å². The van der Waals surface area contributed by atoms with Crippen LogP contribution in [0.1, 0.15) is 37.8 Å². The summed E-state index contributed by atoms with van der Waals surface area (Å²) in [6.07, 6.45) is 8.73. The Labute approximate surface area is 174 Å². The van der Waals surface area contributed by atoms with Gasteiger partial charge < -0.3 is 4.90 Å². The molecule has 1 fully saturated rings. The number of hydrogen-bond donors (Lipinski definition) is 0. The van der Waals surface area contributed by atoms with Crippen molar-refractivity contribution in [1.29, 1.82) is 0 Å². The molecule has 2 aliphatic heterocycles. The van der Waals surface area contributed by atoms with E-state index in [1.54, 1.807) is 6.20 Å².